The van der Waals surface area contributed by atoms with Gasteiger partial charge in [-0.1, -0.05) is 62.4 Å². The Labute approximate surface area is 187 Å². The van der Waals surface area contributed by atoms with E-state index in [9.17, 15) is 0 Å². The molecule has 2 aliphatic heterocycles. The highest BCUT2D eigenvalue weighted by Crippen LogP contribution is 2.31. The van der Waals surface area contributed by atoms with Crippen molar-refractivity contribution in [1.29, 1.82) is 0 Å². The minimum atomic E-state index is 0. The molecular formula is C24H31Cl2N3. The monoisotopic (exact) mass is 431 g/mol. The Hall–Kier alpha value is -1.81. The molecule has 0 N–H and O–H groups in total. The smallest absolute Gasteiger partial charge is 0.136 e. The minimum absolute atomic E-state index is 0. The van der Waals surface area contributed by atoms with Gasteiger partial charge in [0.2, 0.25) is 0 Å². The van der Waals surface area contributed by atoms with Crippen LogP contribution in [0.15, 0.2) is 59.6 Å². The van der Waals surface area contributed by atoms with Crippen molar-refractivity contribution in [3.8, 4) is 0 Å². The number of hydrogen-bond acceptors (Lipinski definition) is 3. The number of aryl methyl sites for hydroxylation is 1. The van der Waals surface area contributed by atoms with Gasteiger partial charge < -0.3 is 9.80 Å². The van der Waals surface area contributed by atoms with Crippen LogP contribution in [0.3, 0.4) is 0 Å². The number of halogens is 2. The summed E-state index contributed by atoms with van der Waals surface area (Å²) in [4.78, 5) is 10.2. The molecule has 1 saturated heterocycles. The number of nitrogens with zero attached hydrogens (tertiary/aromatic N) is 3. The molecule has 2 aromatic rings. The predicted molar refractivity (Wildman–Crippen MR) is 129 cm³/mol. The number of hydrogen-bond donors (Lipinski definition) is 0. The van der Waals surface area contributed by atoms with E-state index in [4.69, 9.17) is 4.99 Å². The molecule has 0 bridgehead atoms. The van der Waals surface area contributed by atoms with Crippen molar-refractivity contribution in [2.45, 2.75) is 26.7 Å². The molecule has 29 heavy (non-hydrogen) atoms. The Balaban J connectivity index is 0.00000150. The Morgan fingerprint density at radius 2 is 1.62 bits per heavy atom. The molecule has 0 aliphatic carbocycles. The van der Waals surface area contributed by atoms with Gasteiger partial charge in [-0.3, -0.25) is 0 Å². The van der Waals surface area contributed by atoms with Gasteiger partial charge >= 0.3 is 0 Å². The average Bonchev–Trinajstić information content (AvgIpc) is 2.93. The summed E-state index contributed by atoms with van der Waals surface area (Å²) in [6.45, 7) is 9.89. The molecule has 0 saturated carbocycles. The van der Waals surface area contributed by atoms with Gasteiger partial charge in [-0.05, 0) is 42.1 Å². The summed E-state index contributed by atoms with van der Waals surface area (Å²) in [5.74, 6) is 1.14. The molecule has 0 spiro atoms. The van der Waals surface area contributed by atoms with Crippen LogP contribution < -0.4 is 0 Å². The van der Waals surface area contributed by atoms with Crippen molar-refractivity contribution >= 4 is 41.9 Å². The summed E-state index contributed by atoms with van der Waals surface area (Å²) in [5.41, 5.74) is 6.39. The third-order valence-electron chi connectivity index (χ3n) is 5.75. The van der Waals surface area contributed by atoms with Crippen LogP contribution in [-0.4, -0.2) is 48.4 Å². The largest absolute Gasteiger partial charge is 0.354 e. The van der Waals surface area contributed by atoms with E-state index in [2.05, 4.69) is 78.3 Å². The maximum absolute atomic E-state index is 5.20. The van der Waals surface area contributed by atoms with Crippen molar-refractivity contribution in [3.63, 3.8) is 0 Å². The van der Waals surface area contributed by atoms with E-state index in [0.717, 1.165) is 57.1 Å². The number of rotatable bonds is 3. The number of allylic oxidation sites excluding steroid dienone is 1. The molecule has 2 aliphatic rings. The molecule has 156 valence electrons. The number of piperazine rings is 1. The lowest BCUT2D eigenvalue weighted by molar-refractivity contribution is 0.191. The van der Waals surface area contributed by atoms with Gasteiger partial charge in [0.15, 0.2) is 0 Å². The lowest BCUT2D eigenvalue weighted by Crippen LogP contribution is -2.48. The van der Waals surface area contributed by atoms with Crippen molar-refractivity contribution in [1.82, 2.24) is 9.80 Å². The normalized spacial score (nSPS) is 16.6. The van der Waals surface area contributed by atoms with Crippen LogP contribution in [0.25, 0.3) is 5.57 Å². The number of benzene rings is 2. The highest BCUT2D eigenvalue weighted by molar-refractivity contribution is 6.23. The van der Waals surface area contributed by atoms with Crippen molar-refractivity contribution in [2.75, 3.05) is 32.7 Å². The third-order valence-corrected chi connectivity index (χ3v) is 5.75. The molecule has 0 unspecified atom stereocenters. The average molecular weight is 432 g/mol. The molecule has 0 amide bonds. The Bertz CT molecular complexity index is 854. The molecule has 3 nitrogen and oxygen atoms in total. The highest BCUT2D eigenvalue weighted by Gasteiger charge is 2.24. The topological polar surface area (TPSA) is 18.8 Å². The molecule has 2 heterocycles. The summed E-state index contributed by atoms with van der Waals surface area (Å²) < 4.78 is 0. The summed E-state index contributed by atoms with van der Waals surface area (Å²) >= 11 is 0. The Morgan fingerprint density at radius 1 is 0.897 bits per heavy atom. The van der Waals surface area contributed by atoms with Crippen LogP contribution in [0.4, 0.5) is 5.69 Å². The van der Waals surface area contributed by atoms with Crippen molar-refractivity contribution in [2.24, 2.45) is 4.99 Å². The van der Waals surface area contributed by atoms with Gasteiger partial charge in [0.05, 0.1) is 5.69 Å². The quantitative estimate of drug-likeness (QED) is 0.647. The molecule has 0 atom stereocenters. The fourth-order valence-corrected chi connectivity index (χ4v) is 3.99. The van der Waals surface area contributed by atoms with E-state index in [0.29, 0.717) is 0 Å². The van der Waals surface area contributed by atoms with Gasteiger partial charge in [0, 0.05) is 31.8 Å². The fourth-order valence-electron chi connectivity index (χ4n) is 3.99. The second-order valence-electron chi connectivity index (χ2n) is 7.36. The second-order valence-corrected chi connectivity index (χ2v) is 7.36. The van der Waals surface area contributed by atoms with E-state index < -0.39 is 0 Å². The van der Waals surface area contributed by atoms with Crippen LogP contribution >= 0.6 is 24.8 Å². The van der Waals surface area contributed by atoms with Crippen LogP contribution in [-0.2, 0) is 12.8 Å². The summed E-state index contributed by atoms with van der Waals surface area (Å²) in [6, 6.07) is 17.5. The molecule has 2 aromatic carbocycles. The zero-order valence-electron chi connectivity index (χ0n) is 17.3. The van der Waals surface area contributed by atoms with Gasteiger partial charge in [-0.25, -0.2) is 4.99 Å². The standard InChI is InChI=1S/C24H29N3.2ClH/c1-3-19-10-13-23-21(18-19)11-12-22(20-8-6-5-7-9-20)24(25-23)27-16-14-26(4-2)15-17-27;;/h5-10,12-13,18H,3-4,11,14-17H2,1-2H3;2*1H. The summed E-state index contributed by atoms with van der Waals surface area (Å²) in [7, 11) is 0. The number of likely N-dealkylation sites (N-methyl/N-ethyl adjacent to an activating group) is 1. The molecule has 0 radical (unpaired) electrons. The first-order valence-corrected chi connectivity index (χ1v) is 10.2. The zero-order valence-corrected chi connectivity index (χ0v) is 18.9. The lowest BCUT2D eigenvalue weighted by Gasteiger charge is -2.36. The SMILES string of the molecule is CCc1ccc2c(c1)CC=C(c1ccccc1)C(N1CCN(CC)CC1)=N2.Cl.Cl. The van der Waals surface area contributed by atoms with Crippen LogP contribution in [0, 0.1) is 0 Å². The summed E-state index contributed by atoms with van der Waals surface area (Å²) in [6.07, 6.45) is 4.39. The maximum Gasteiger partial charge on any atom is 0.136 e. The first-order chi connectivity index (χ1) is 13.3. The highest BCUT2D eigenvalue weighted by atomic mass is 35.5. The molecule has 1 fully saturated rings. The number of aliphatic imine (C=N–C) groups is 1. The van der Waals surface area contributed by atoms with Gasteiger partial charge in [-0.2, -0.15) is 0 Å². The Kier molecular flexibility index (Phi) is 8.76. The molecule has 0 aromatic heterocycles. The van der Waals surface area contributed by atoms with E-state index >= 15 is 0 Å². The first kappa shape index (κ1) is 23.5. The minimum Gasteiger partial charge on any atom is -0.354 e. The van der Waals surface area contributed by atoms with E-state index in [1.54, 1.807) is 0 Å². The Morgan fingerprint density at radius 3 is 2.28 bits per heavy atom. The van der Waals surface area contributed by atoms with Crippen molar-refractivity contribution < 1.29 is 0 Å². The van der Waals surface area contributed by atoms with Crippen LogP contribution in [0.2, 0.25) is 0 Å². The van der Waals surface area contributed by atoms with E-state index in [1.807, 2.05) is 0 Å². The zero-order chi connectivity index (χ0) is 18.6. The molecule has 5 heteroatoms. The van der Waals surface area contributed by atoms with E-state index in [1.165, 1.54) is 22.3 Å². The first-order valence-electron chi connectivity index (χ1n) is 10.2. The van der Waals surface area contributed by atoms with Gasteiger partial charge in [0.25, 0.3) is 0 Å². The number of fused-ring (bicyclic) bond motifs is 1. The lowest BCUT2D eigenvalue weighted by atomic mass is 10.0. The molecule has 4 rings (SSSR count). The van der Waals surface area contributed by atoms with Gasteiger partial charge in [-0.15, -0.1) is 24.8 Å². The van der Waals surface area contributed by atoms with Crippen LogP contribution in [0.5, 0.6) is 0 Å². The van der Waals surface area contributed by atoms with Crippen LogP contribution in [0.1, 0.15) is 30.5 Å². The predicted octanol–water partition coefficient (Wildman–Crippen LogP) is 5.40. The maximum atomic E-state index is 5.20. The number of amidine groups is 1. The molecular weight excluding hydrogens is 401 g/mol. The van der Waals surface area contributed by atoms with E-state index in [-0.39, 0.29) is 24.8 Å². The second kappa shape index (κ2) is 10.8. The third kappa shape index (κ3) is 5.22. The van der Waals surface area contributed by atoms with Crippen molar-refractivity contribution in [3.05, 3.63) is 71.3 Å². The van der Waals surface area contributed by atoms with Gasteiger partial charge in [0.1, 0.15) is 5.84 Å². The fraction of sp³-hybridized carbons (Fsp3) is 0.375. The summed E-state index contributed by atoms with van der Waals surface area (Å²) in [5, 5.41) is 0.